The number of imide groups is 1. The Morgan fingerprint density at radius 1 is 1.28 bits per heavy atom. The molecule has 1 aromatic heterocycles. The van der Waals surface area contributed by atoms with E-state index in [1.54, 1.807) is 12.1 Å². The highest BCUT2D eigenvalue weighted by molar-refractivity contribution is 6.19. The van der Waals surface area contributed by atoms with Gasteiger partial charge in [0, 0.05) is 24.8 Å². The fraction of sp³-hybridized carbons (Fsp3) is 0.227. The van der Waals surface area contributed by atoms with E-state index in [1.165, 1.54) is 38.3 Å². The molecule has 0 saturated heterocycles. The molecule has 1 aliphatic rings. The van der Waals surface area contributed by atoms with Gasteiger partial charge in [-0.25, -0.2) is 0 Å². The third-order valence-electron chi connectivity index (χ3n) is 4.94. The minimum atomic E-state index is -0.698. The first-order chi connectivity index (χ1) is 15.3. The third kappa shape index (κ3) is 4.14. The number of benzene rings is 1. The van der Waals surface area contributed by atoms with E-state index in [0.29, 0.717) is 11.3 Å². The smallest absolute Gasteiger partial charge is 0.273 e. The molecule has 3 rings (SSSR count). The Balaban J connectivity index is 2.02. The molecule has 0 saturated carbocycles. The number of amides is 2. The van der Waals surface area contributed by atoms with Gasteiger partial charge in [0.05, 0.1) is 23.7 Å². The highest BCUT2D eigenvalue weighted by Gasteiger charge is 2.35. The molecular formula is C22H19N3O7. The molecule has 2 aromatic rings. The minimum absolute atomic E-state index is 0.0205. The second-order valence-electron chi connectivity index (χ2n) is 6.85. The number of carbonyl (C=O) groups excluding carboxylic acids is 2. The lowest BCUT2D eigenvalue weighted by molar-refractivity contribution is -0.384. The fourth-order valence-corrected chi connectivity index (χ4v) is 3.28. The number of hydrogen-bond acceptors (Lipinski definition) is 8. The molecule has 1 aliphatic heterocycles. The summed E-state index contributed by atoms with van der Waals surface area (Å²) in [4.78, 5) is 36.7. The molecule has 0 atom stereocenters. The molecule has 0 spiro atoms. The molecule has 10 heteroatoms. The molecular weight excluding hydrogens is 418 g/mol. The van der Waals surface area contributed by atoms with E-state index in [1.807, 2.05) is 6.07 Å². The van der Waals surface area contributed by atoms with Gasteiger partial charge in [0.2, 0.25) is 0 Å². The molecule has 164 valence electrons. The van der Waals surface area contributed by atoms with Gasteiger partial charge in [-0.3, -0.25) is 24.6 Å². The molecule has 10 nitrogen and oxygen atoms in total. The van der Waals surface area contributed by atoms with Crippen molar-refractivity contribution in [1.29, 1.82) is 5.26 Å². The number of methoxy groups -OCH3 is 1. The van der Waals surface area contributed by atoms with Gasteiger partial charge in [-0.05, 0) is 43.2 Å². The van der Waals surface area contributed by atoms with Crippen LogP contribution in [0, 0.1) is 21.4 Å². The SMILES string of the molecule is COc1cc([N+](=O)[O-])ccc1-c1ccc(/C=C2/C(=O)N(CCCO)C(=O)C(C#N)=C2C)o1. The van der Waals surface area contributed by atoms with Crippen LogP contribution in [0.25, 0.3) is 17.4 Å². The number of aliphatic hydroxyl groups excluding tert-OH is 1. The fourth-order valence-electron chi connectivity index (χ4n) is 3.28. The number of nitrogens with zero attached hydrogens (tertiary/aromatic N) is 3. The summed E-state index contributed by atoms with van der Waals surface area (Å²) in [7, 11) is 1.38. The first-order valence-corrected chi connectivity index (χ1v) is 9.55. The highest BCUT2D eigenvalue weighted by atomic mass is 16.6. The minimum Gasteiger partial charge on any atom is -0.496 e. The van der Waals surface area contributed by atoms with Crippen LogP contribution in [0.1, 0.15) is 19.1 Å². The number of nitro groups is 1. The number of carbonyl (C=O) groups is 2. The maximum Gasteiger partial charge on any atom is 0.273 e. The van der Waals surface area contributed by atoms with Gasteiger partial charge in [0.15, 0.2) is 0 Å². The van der Waals surface area contributed by atoms with Crippen LogP contribution in [0.4, 0.5) is 5.69 Å². The predicted molar refractivity (Wildman–Crippen MR) is 112 cm³/mol. The number of aliphatic hydroxyl groups is 1. The first kappa shape index (κ1) is 22.5. The molecule has 1 aromatic carbocycles. The zero-order chi connectivity index (χ0) is 23.4. The van der Waals surface area contributed by atoms with Gasteiger partial charge in [0.1, 0.15) is 28.9 Å². The zero-order valence-electron chi connectivity index (χ0n) is 17.3. The average Bonchev–Trinajstić information content (AvgIpc) is 3.25. The van der Waals surface area contributed by atoms with Crippen molar-refractivity contribution >= 4 is 23.6 Å². The number of hydrogen-bond donors (Lipinski definition) is 1. The van der Waals surface area contributed by atoms with Crippen LogP contribution in [0.3, 0.4) is 0 Å². The summed E-state index contributed by atoms with van der Waals surface area (Å²) in [6.07, 6.45) is 1.61. The van der Waals surface area contributed by atoms with Crippen LogP contribution in [0.15, 0.2) is 51.5 Å². The second-order valence-corrected chi connectivity index (χ2v) is 6.85. The van der Waals surface area contributed by atoms with E-state index < -0.39 is 16.7 Å². The van der Waals surface area contributed by atoms with E-state index in [-0.39, 0.29) is 53.5 Å². The maximum atomic E-state index is 12.9. The molecule has 0 fully saturated rings. The van der Waals surface area contributed by atoms with E-state index in [0.717, 1.165) is 4.90 Å². The van der Waals surface area contributed by atoms with Crippen molar-refractivity contribution in [3.8, 4) is 23.1 Å². The van der Waals surface area contributed by atoms with Crippen molar-refractivity contribution in [3.05, 3.63) is 62.9 Å². The summed E-state index contributed by atoms with van der Waals surface area (Å²) in [5.41, 5.74) is 0.536. The summed E-state index contributed by atoms with van der Waals surface area (Å²) >= 11 is 0. The van der Waals surface area contributed by atoms with E-state index in [4.69, 9.17) is 14.3 Å². The summed E-state index contributed by atoms with van der Waals surface area (Å²) in [5.74, 6) is -0.425. The predicted octanol–water partition coefficient (Wildman–Crippen LogP) is 2.84. The lowest BCUT2D eigenvalue weighted by Gasteiger charge is -2.27. The van der Waals surface area contributed by atoms with Crippen molar-refractivity contribution in [1.82, 2.24) is 4.90 Å². The average molecular weight is 437 g/mol. The van der Waals surface area contributed by atoms with E-state index in [2.05, 4.69) is 0 Å². The molecule has 0 aliphatic carbocycles. The topological polar surface area (TPSA) is 147 Å². The van der Waals surface area contributed by atoms with Crippen LogP contribution >= 0.6 is 0 Å². The second kappa shape index (κ2) is 9.28. The Morgan fingerprint density at radius 3 is 2.66 bits per heavy atom. The summed E-state index contributed by atoms with van der Waals surface area (Å²) in [6.45, 7) is 1.28. The number of non-ortho nitro benzene ring substituents is 1. The number of rotatable bonds is 7. The lowest BCUT2D eigenvalue weighted by Crippen LogP contribution is -2.43. The van der Waals surface area contributed by atoms with Crippen LogP contribution in [-0.2, 0) is 9.59 Å². The molecule has 0 unspecified atom stereocenters. The number of ether oxygens (including phenoxy) is 1. The van der Waals surface area contributed by atoms with Crippen LogP contribution in [0.2, 0.25) is 0 Å². The highest BCUT2D eigenvalue weighted by Crippen LogP contribution is 2.35. The van der Waals surface area contributed by atoms with Crippen molar-refractivity contribution in [3.63, 3.8) is 0 Å². The molecule has 1 N–H and O–H groups in total. The quantitative estimate of drug-likeness (QED) is 0.301. The van der Waals surface area contributed by atoms with Crippen LogP contribution in [-0.4, -0.2) is 47.0 Å². The molecule has 0 radical (unpaired) electrons. The summed E-state index contributed by atoms with van der Waals surface area (Å²) < 4.78 is 11.0. The van der Waals surface area contributed by atoms with Gasteiger partial charge in [-0.1, -0.05) is 0 Å². The van der Waals surface area contributed by atoms with Crippen molar-refractivity contribution in [2.24, 2.45) is 0 Å². The Bertz CT molecular complexity index is 1200. The Morgan fingerprint density at radius 2 is 2.03 bits per heavy atom. The van der Waals surface area contributed by atoms with Gasteiger partial charge < -0.3 is 14.3 Å². The Labute approximate surface area is 182 Å². The number of nitro benzene ring substituents is 1. The van der Waals surface area contributed by atoms with Crippen molar-refractivity contribution in [2.75, 3.05) is 20.3 Å². The van der Waals surface area contributed by atoms with Crippen LogP contribution < -0.4 is 4.74 Å². The molecule has 32 heavy (non-hydrogen) atoms. The molecule has 2 heterocycles. The summed E-state index contributed by atoms with van der Waals surface area (Å²) in [5, 5.41) is 29.4. The van der Waals surface area contributed by atoms with E-state index in [9.17, 15) is 25.0 Å². The van der Waals surface area contributed by atoms with E-state index >= 15 is 0 Å². The lowest BCUT2D eigenvalue weighted by atomic mass is 9.94. The normalized spacial score (nSPS) is 15.3. The first-order valence-electron chi connectivity index (χ1n) is 9.55. The third-order valence-corrected chi connectivity index (χ3v) is 4.94. The largest absolute Gasteiger partial charge is 0.496 e. The van der Waals surface area contributed by atoms with Crippen LogP contribution in [0.5, 0.6) is 5.75 Å². The van der Waals surface area contributed by atoms with Crippen molar-refractivity contribution < 1.29 is 28.8 Å². The van der Waals surface area contributed by atoms with Gasteiger partial charge in [-0.2, -0.15) is 5.26 Å². The molecule has 0 bridgehead atoms. The van der Waals surface area contributed by atoms with Gasteiger partial charge in [-0.15, -0.1) is 0 Å². The monoisotopic (exact) mass is 437 g/mol. The Kier molecular flexibility index (Phi) is 6.51. The number of furan rings is 1. The molecule has 2 amide bonds. The number of nitriles is 1. The zero-order valence-corrected chi connectivity index (χ0v) is 17.3. The Hall–Kier alpha value is -4.23. The maximum absolute atomic E-state index is 12.9. The van der Waals surface area contributed by atoms with Gasteiger partial charge >= 0.3 is 0 Å². The summed E-state index contributed by atoms with van der Waals surface area (Å²) in [6, 6.07) is 9.13. The van der Waals surface area contributed by atoms with Gasteiger partial charge in [0.25, 0.3) is 17.5 Å². The standard InChI is InChI=1S/C22H19N3O7/c1-13-17(21(27)24(8-3-9-26)22(28)18(13)12-23)11-15-5-7-19(32-15)16-6-4-14(25(29)30)10-20(16)31-2/h4-7,10-11,26H,3,8-9H2,1-2H3/b17-11+. The van der Waals surface area contributed by atoms with Crippen molar-refractivity contribution in [2.45, 2.75) is 13.3 Å².